The minimum atomic E-state index is -0.446. The summed E-state index contributed by atoms with van der Waals surface area (Å²) in [6.45, 7) is 5.83. The SMILES string of the molecule is CC1=NN(c2ccc(C)cc2)C(=O)[C@H]1C=Nc1cc(C)ccn1. The largest absolute Gasteiger partial charge is 0.271 e. The molecule has 0 N–H and O–H groups in total. The van der Waals surface area contributed by atoms with E-state index in [1.165, 1.54) is 5.01 Å². The van der Waals surface area contributed by atoms with Gasteiger partial charge in [0.2, 0.25) is 0 Å². The Balaban J connectivity index is 1.81. The number of anilines is 1. The third kappa shape index (κ3) is 3.18. The van der Waals surface area contributed by atoms with Gasteiger partial charge in [-0.2, -0.15) is 10.1 Å². The van der Waals surface area contributed by atoms with Gasteiger partial charge in [0.15, 0.2) is 5.82 Å². The zero-order valence-corrected chi connectivity index (χ0v) is 13.4. The second-order valence-corrected chi connectivity index (χ2v) is 5.67. The number of hydrogen-bond donors (Lipinski definition) is 0. The monoisotopic (exact) mass is 306 g/mol. The second kappa shape index (κ2) is 6.12. The van der Waals surface area contributed by atoms with Crippen LogP contribution in [0.4, 0.5) is 11.5 Å². The summed E-state index contributed by atoms with van der Waals surface area (Å²) in [5.74, 6) is 0.0563. The molecule has 0 aliphatic carbocycles. The predicted molar refractivity (Wildman–Crippen MR) is 92.4 cm³/mol. The molecular weight excluding hydrogens is 288 g/mol. The summed E-state index contributed by atoms with van der Waals surface area (Å²) >= 11 is 0. The molecule has 1 aliphatic rings. The molecular formula is C18H18N4O. The number of benzene rings is 1. The van der Waals surface area contributed by atoms with Crippen LogP contribution in [0.5, 0.6) is 0 Å². The van der Waals surface area contributed by atoms with Crippen LogP contribution in [0.25, 0.3) is 0 Å². The number of aromatic nitrogens is 1. The number of pyridine rings is 1. The number of carbonyl (C=O) groups is 1. The van der Waals surface area contributed by atoms with Crippen LogP contribution in [0.3, 0.4) is 0 Å². The summed E-state index contributed by atoms with van der Waals surface area (Å²) in [4.78, 5) is 21.1. The number of aryl methyl sites for hydroxylation is 2. The van der Waals surface area contributed by atoms with E-state index in [0.717, 1.165) is 22.5 Å². The van der Waals surface area contributed by atoms with Gasteiger partial charge in [0, 0.05) is 12.4 Å². The molecule has 2 heterocycles. The summed E-state index contributed by atoms with van der Waals surface area (Å²) in [5.41, 5.74) is 3.72. The first-order chi connectivity index (χ1) is 11.0. The minimum Gasteiger partial charge on any atom is -0.271 e. The van der Waals surface area contributed by atoms with Crippen molar-refractivity contribution in [2.75, 3.05) is 5.01 Å². The third-order valence-corrected chi connectivity index (χ3v) is 3.72. The first-order valence-electron chi connectivity index (χ1n) is 7.47. The molecule has 1 aliphatic heterocycles. The number of nitrogens with zero attached hydrogens (tertiary/aromatic N) is 4. The van der Waals surface area contributed by atoms with Crippen LogP contribution in [0.2, 0.25) is 0 Å². The molecule has 0 radical (unpaired) electrons. The molecule has 5 heteroatoms. The van der Waals surface area contributed by atoms with Gasteiger partial charge in [0.25, 0.3) is 5.91 Å². The van der Waals surface area contributed by atoms with E-state index in [2.05, 4.69) is 15.1 Å². The summed E-state index contributed by atoms with van der Waals surface area (Å²) < 4.78 is 0. The second-order valence-electron chi connectivity index (χ2n) is 5.67. The van der Waals surface area contributed by atoms with Crippen molar-refractivity contribution in [1.29, 1.82) is 0 Å². The topological polar surface area (TPSA) is 57.9 Å². The Kier molecular flexibility index (Phi) is 4.02. The van der Waals surface area contributed by atoms with Crippen molar-refractivity contribution in [1.82, 2.24) is 4.98 Å². The molecule has 1 aromatic heterocycles. The number of rotatable bonds is 3. The molecule has 1 amide bonds. The highest BCUT2D eigenvalue weighted by Gasteiger charge is 2.33. The van der Waals surface area contributed by atoms with E-state index >= 15 is 0 Å². The molecule has 1 aromatic carbocycles. The summed E-state index contributed by atoms with van der Waals surface area (Å²) in [6, 6.07) is 11.5. The standard InChI is InChI=1S/C18H18N4O/c1-12-4-6-15(7-5-12)22-18(23)16(14(3)21-22)11-20-17-10-13(2)8-9-19-17/h4-11,16H,1-3H3/t16-/m0/s1. The van der Waals surface area contributed by atoms with Gasteiger partial charge in [0.05, 0.1) is 11.4 Å². The fraction of sp³-hybridized carbons (Fsp3) is 0.222. The van der Waals surface area contributed by atoms with Crippen molar-refractivity contribution < 1.29 is 4.79 Å². The molecule has 0 fully saturated rings. The van der Waals surface area contributed by atoms with E-state index in [0.29, 0.717) is 5.82 Å². The number of hydrazone groups is 1. The van der Waals surface area contributed by atoms with Crippen molar-refractivity contribution >= 4 is 29.3 Å². The van der Waals surface area contributed by atoms with Crippen LogP contribution >= 0.6 is 0 Å². The molecule has 3 rings (SSSR count). The smallest absolute Gasteiger partial charge is 0.261 e. The van der Waals surface area contributed by atoms with Gasteiger partial charge in [-0.15, -0.1) is 0 Å². The van der Waals surface area contributed by atoms with Crippen molar-refractivity contribution in [2.45, 2.75) is 20.8 Å². The first kappa shape index (κ1) is 15.1. The van der Waals surface area contributed by atoms with Crippen LogP contribution in [0.15, 0.2) is 52.7 Å². The van der Waals surface area contributed by atoms with E-state index < -0.39 is 5.92 Å². The quantitative estimate of drug-likeness (QED) is 0.816. The van der Waals surface area contributed by atoms with Crippen LogP contribution < -0.4 is 5.01 Å². The Morgan fingerprint density at radius 3 is 2.52 bits per heavy atom. The Morgan fingerprint density at radius 2 is 1.83 bits per heavy atom. The van der Waals surface area contributed by atoms with Crippen molar-refractivity contribution in [3.05, 3.63) is 53.7 Å². The molecule has 0 spiro atoms. The number of hydrogen-bond acceptors (Lipinski definition) is 4. The van der Waals surface area contributed by atoms with Gasteiger partial charge in [-0.3, -0.25) is 4.79 Å². The lowest BCUT2D eigenvalue weighted by Crippen LogP contribution is -2.27. The van der Waals surface area contributed by atoms with E-state index in [9.17, 15) is 4.79 Å². The molecule has 1 atom stereocenters. The lowest BCUT2D eigenvalue weighted by molar-refractivity contribution is -0.118. The highest BCUT2D eigenvalue weighted by atomic mass is 16.2. The molecule has 116 valence electrons. The zero-order valence-electron chi connectivity index (χ0n) is 13.4. The molecule has 0 bridgehead atoms. The molecule has 0 unspecified atom stereocenters. The fourth-order valence-electron chi connectivity index (χ4n) is 2.36. The Labute approximate surface area is 135 Å². The highest BCUT2D eigenvalue weighted by Crippen LogP contribution is 2.24. The van der Waals surface area contributed by atoms with Crippen molar-refractivity contribution in [2.24, 2.45) is 16.0 Å². The average molecular weight is 306 g/mol. The van der Waals surface area contributed by atoms with Gasteiger partial charge < -0.3 is 0 Å². The molecule has 0 saturated heterocycles. The first-order valence-corrected chi connectivity index (χ1v) is 7.47. The zero-order chi connectivity index (χ0) is 16.4. The third-order valence-electron chi connectivity index (χ3n) is 3.72. The minimum absolute atomic E-state index is 0.0947. The number of amides is 1. The highest BCUT2D eigenvalue weighted by molar-refractivity contribution is 6.23. The molecule has 23 heavy (non-hydrogen) atoms. The summed E-state index contributed by atoms with van der Waals surface area (Å²) in [7, 11) is 0. The van der Waals surface area contributed by atoms with Crippen molar-refractivity contribution in [3.63, 3.8) is 0 Å². The lowest BCUT2D eigenvalue weighted by atomic mass is 10.1. The fourth-order valence-corrected chi connectivity index (χ4v) is 2.36. The van der Waals surface area contributed by atoms with Gasteiger partial charge in [-0.1, -0.05) is 17.7 Å². The van der Waals surface area contributed by atoms with Gasteiger partial charge in [0.1, 0.15) is 5.92 Å². The Bertz CT molecular complexity index is 793. The van der Waals surface area contributed by atoms with Crippen LogP contribution in [0.1, 0.15) is 18.1 Å². The maximum Gasteiger partial charge on any atom is 0.261 e. The average Bonchev–Trinajstić information content (AvgIpc) is 2.81. The van der Waals surface area contributed by atoms with Gasteiger partial charge >= 0.3 is 0 Å². The van der Waals surface area contributed by atoms with Gasteiger partial charge in [-0.25, -0.2) is 9.98 Å². The number of aliphatic imine (C=N–C) groups is 1. The molecule has 2 aromatic rings. The van der Waals surface area contributed by atoms with Crippen LogP contribution in [-0.2, 0) is 4.79 Å². The maximum atomic E-state index is 12.6. The van der Waals surface area contributed by atoms with Crippen LogP contribution in [-0.4, -0.2) is 22.8 Å². The Hall–Kier alpha value is -2.82. The van der Waals surface area contributed by atoms with Crippen LogP contribution in [0, 0.1) is 19.8 Å². The molecule has 0 saturated carbocycles. The summed E-state index contributed by atoms with van der Waals surface area (Å²) in [5, 5.41) is 5.81. The van der Waals surface area contributed by atoms with E-state index in [1.807, 2.05) is 57.2 Å². The maximum absolute atomic E-state index is 12.6. The predicted octanol–water partition coefficient (Wildman–Crippen LogP) is 3.44. The van der Waals surface area contributed by atoms with E-state index in [1.54, 1.807) is 12.4 Å². The van der Waals surface area contributed by atoms with E-state index in [4.69, 9.17) is 0 Å². The van der Waals surface area contributed by atoms with Crippen molar-refractivity contribution in [3.8, 4) is 0 Å². The summed E-state index contributed by atoms with van der Waals surface area (Å²) in [6.07, 6.45) is 3.33. The number of carbonyl (C=O) groups excluding carboxylic acids is 1. The van der Waals surface area contributed by atoms with Gasteiger partial charge in [-0.05, 0) is 50.6 Å². The Morgan fingerprint density at radius 1 is 1.09 bits per heavy atom. The molecule has 5 nitrogen and oxygen atoms in total. The normalized spacial score (nSPS) is 17.9. The lowest BCUT2D eigenvalue weighted by Gasteiger charge is -2.12. The van der Waals surface area contributed by atoms with E-state index in [-0.39, 0.29) is 5.91 Å².